The third-order valence-corrected chi connectivity index (χ3v) is 6.28. The summed E-state index contributed by atoms with van der Waals surface area (Å²) in [6, 6.07) is 10.5. The molecule has 0 saturated heterocycles. The number of thiazole rings is 1. The van der Waals surface area contributed by atoms with Gasteiger partial charge < -0.3 is 4.57 Å². The predicted octanol–water partition coefficient (Wildman–Crippen LogP) is 4.83. The van der Waals surface area contributed by atoms with Gasteiger partial charge in [-0.15, -0.1) is 11.3 Å². The minimum Gasteiger partial charge on any atom is -0.316 e. The van der Waals surface area contributed by atoms with Crippen LogP contribution in [0, 0.1) is 0 Å². The molecule has 2 heterocycles. The van der Waals surface area contributed by atoms with Gasteiger partial charge in [-0.3, -0.25) is 4.79 Å². The zero-order valence-electron chi connectivity index (χ0n) is 14.3. The number of thioether (sulfide) groups is 1. The molecule has 0 spiro atoms. The molecule has 3 rings (SSSR count). The number of aromatic nitrogens is 1. The van der Waals surface area contributed by atoms with E-state index in [2.05, 4.69) is 40.9 Å². The fraction of sp³-hybridized carbons (Fsp3) is 0.263. The number of thiophene rings is 1. The molecule has 130 valence electrons. The van der Waals surface area contributed by atoms with Gasteiger partial charge in [-0.25, -0.2) is 0 Å². The Hall–Kier alpha value is -1.63. The number of benzene rings is 1. The van der Waals surface area contributed by atoms with Crippen molar-refractivity contribution in [2.45, 2.75) is 19.9 Å². The smallest absolute Gasteiger partial charge is 0.272 e. The number of carbonyl (C=O) groups is 1. The topological polar surface area (TPSA) is 34.4 Å². The van der Waals surface area contributed by atoms with E-state index in [4.69, 9.17) is 0 Å². The Labute approximate surface area is 159 Å². The average molecular weight is 389 g/mol. The van der Waals surface area contributed by atoms with Gasteiger partial charge in [0.05, 0.1) is 10.2 Å². The molecule has 0 N–H and O–H groups in total. The number of carbonyl (C=O) groups excluding carboxylic acids is 1. The molecule has 3 aromatic rings. The first-order valence-electron chi connectivity index (χ1n) is 8.12. The van der Waals surface area contributed by atoms with Crippen LogP contribution >= 0.6 is 34.4 Å². The highest BCUT2D eigenvalue weighted by molar-refractivity contribution is 7.98. The summed E-state index contributed by atoms with van der Waals surface area (Å²) in [6.45, 7) is 3.01. The zero-order valence-corrected chi connectivity index (χ0v) is 16.7. The molecular weight excluding hydrogens is 368 g/mol. The molecule has 0 aliphatic rings. The van der Waals surface area contributed by atoms with Crippen LogP contribution in [-0.4, -0.2) is 22.5 Å². The van der Waals surface area contributed by atoms with Crippen LogP contribution in [0.3, 0.4) is 0 Å². The summed E-state index contributed by atoms with van der Waals surface area (Å²) in [7, 11) is 0. The summed E-state index contributed by atoms with van der Waals surface area (Å²) < 4.78 is 3.35. The first-order chi connectivity index (χ1) is 12.2. The second kappa shape index (κ2) is 8.65. The third-order valence-electron chi connectivity index (χ3n) is 3.81. The summed E-state index contributed by atoms with van der Waals surface area (Å²) in [5, 5.41) is 2.00. The molecule has 0 bridgehead atoms. The maximum atomic E-state index is 12.3. The molecule has 0 saturated carbocycles. The van der Waals surface area contributed by atoms with E-state index >= 15 is 0 Å². The second-order valence-corrected chi connectivity index (χ2v) is 8.46. The SMILES string of the molecule is CCc1ccc2c(c1)sc(=NC(=O)C=Cc1cccs1)n2CCSC. The highest BCUT2D eigenvalue weighted by atomic mass is 32.2. The quantitative estimate of drug-likeness (QED) is 0.567. The number of nitrogens with zero attached hydrogens (tertiary/aromatic N) is 2. The van der Waals surface area contributed by atoms with Gasteiger partial charge in [0.2, 0.25) is 0 Å². The molecular formula is C19H20N2OS3. The molecule has 0 radical (unpaired) electrons. The molecule has 6 heteroatoms. The summed E-state index contributed by atoms with van der Waals surface area (Å²) in [6.07, 6.45) is 6.47. The number of amides is 1. The minimum absolute atomic E-state index is 0.214. The highest BCUT2D eigenvalue weighted by Gasteiger charge is 2.07. The first kappa shape index (κ1) is 18.2. The van der Waals surface area contributed by atoms with Crippen molar-refractivity contribution in [1.82, 2.24) is 4.57 Å². The van der Waals surface area contributed by atoms with Gasteiger partial charge in [-0.05, 0) is 47.9 Å². The van der Waals surface area contributed by atoms with Crippen molar-refractivity contribution in [2.75, 3.05) is 12.0 Å². The third kappa shape index (κ3) is 4.51. The van der Waals surface area contributed by atoms with Crippen molar-refractivity contribution in [1.29, 1.82) is 0 Å². The second-order valence-electron chi connectivity index (χ2n) is 5.48. The van der Waals surface area contributed by atoms with E-state index in [1.807, 2.05) is 23.6 Å². The Balaban J connectivity index is 1.99. The van der Waals surface area contributed by atoms with E-state index < -0.39 is 0 Å². The fourth-order valence-corrected chi connectivity index (χ4v) is 4.60. The standard InChI is InChI=1S/C19H20N2OS3/c1-3-14-6-8-16-17(13-14)25-19(21(16)10-12-23-2)20-18(22)9-7-15-5-4-11-24-15/h4-9,11,13H,3,10,12H2,1-2H3. The molecule has 0 unspecified atom stereocenters. The molecule has 0 aliphatic carbocycles. The largest absolute Gasteiger partial charge is 0.316 e. The summed E-state index contributed by atoms with van der Waals surface area (Å²) in [5.74, 6) is 0.780. The van der Waals surface area contributed by atoms with Gasteiger partial charge in [-0.1, -0.05) is 30.4 Å². The maximum absolute atomic E-state index is 12.3. The van der Waals surface area contributed by atoms with Gasteiger partial charge in [0.25, 0.3) is 5.91 Å². The van der Waals surface area contributed by atoms with Gasteiger partial charge in [0, 0.05) is 23.3 Å². The van der Waals surface area contributed by atoms with E-state index in [0.717, 1.165) is 33.9 Å². The van der Waals surface area contributed by atoms with E-state index in [0.29, 0.717) is 0 Å². The molecule has 2 aromatic heterocycles. The fourth-order valence-electron chi connectivity index (χ4n) is 2.49. The summed E-state index contributed by atoms with van der Waals surface area (Å²) in [4.78, 5) is 18.5. The maximum Gasteiger partial charge on any atom is 0.272 e. The molecule has 25 heavy (non-hydrogen) atoms. The molecule has 0 atom stereocenters. The minimum atomic E-state index is -0.214. The van der Waals surface area contributed by atoms with Crippen molar-refractivity contribution in [3.63, 3.8) is 0 Å². The van der Waals surface area contributed by atoms with Crippen LogP contribution in [0.4, 0.5) is 0 Å². The Kier molecular flexibility index (Phi) is 6.29. The number of fused-ring (bicyclic) bond motifs is 1. The monoisotopic (exact) mass is 388 g/mol. The van der Waals surface area contributed by atoms with E-state index in [-0.39, 0.29) is 5.91 Å². The van der Waals surface area contributed by atoms with Gasteiger partial charge in [0.1, 0.15) is 0 Å². The Morgan fingerprint density at radius 3 is 2.96 bits per heavy atom. The average Bonchev–Trinajstić information content (AvgIpc) is 3.25. The van der Waals surface area contributed by atoms with E-state index in [9.17, 15) is 4.79 Å². The Morgan fingerprint density at radius 2 is 2.24 bits per heavy atom. The van der Waals surface area contributed by atoms with Gasteiger partial charge in [-0.2, -0.15) is 16.8 Å². The summed E-state index contributed by atoms with van der Waals surface area (Å²) >= 11 is 4.99. The number of rotatable bonds is 6. The predicted molar refractivity (Wildman–Crippen MR) is 111 cm³/mol. The Morgan fingerprint density at radius 1 is 1.36 bits per heavy atom. The Bertz CT molecular complexity index is 949. The molecule has 3 nitrogen and oxygen atoms in total. The normalized spacial score (nSPS) is 12.5. The first-order valence-corrected chi connectivity index (χ1v) is 11.2. The van der Waals surface area contributed by atoms with Crippen molar-refractivity contribution < 1.29 is 4.79 Å². The van der Waals surface area contributed by atoms with E-state index in [1.165, 1.54) is 10.3 Å². The van der Waals surface area contributed by atoms with Gasteiger partial charge >= 0.3 is 0 Å². The molecule has 0 fully saturated rings. The van der Waals surface area contributed by atoms with Crippen LogP contribution in [0.1, 0.15) is 17.4 Å². The van der Waals surface area contributed by atoms with Crippen molar-refractivity contribution in [3.8, 4) is 0 Å². The number of hydrogen-bond donors (Lipinski definition) is 0. The van der Waals surface area contributed by atoms with Crippen molar-refractivity contribution in [2.24, 2.45) is 4.99 Å². The zero-order chi connectivity index (χ0) is 17.6. The lowest BCUT2D eigenvalue weighted by Crippen LogP contribution is -2.17. The van der Waals surface area contributed by atoms with E-state index in [1.54, 1.807) is 40.5 Å². The van der Waals surface area contributed by atoms with Crippen molar-refractivity contribution in [3.05, 3.63) is 57.0 Å². The molecule has 1 amide bonds. The van der Waals surface area contributed by atoms with Crippen LogP contribution in [-0.2, 0) is 17.8 Å². The number of hydrogen-bond acceptors (Lipinski definition) is 4. The molecule has 0 aliphatic heterocycles. The highest BCUT2D eigenvalue weighted by Crippen LogP contribution is 2.20. The van der Waals surface area contributed by atoms with Crippen LogP contribution < -0.4 is 4.80 Å². The number of aryl methyl sites for hydroxylation is 2. The van der Waals surface area contributed by atoms with Crippen LogP contribution in [0.25, 0.3) is 16.3 Å². The molecule has 1 aromatic carbocycles. The van der Waals surface area contributed by atoms with Crippen LogP contribution in [0.2, 0.25) is 0 Å². The van der Waals surface area contributed by atoms with Crippen LogP contribution in [0.5, 0.6) is 0 Å². The lowest BCUT2D eigenvalue weighted by molar-refractivity contribution is -0.113. The van der Waals surface area contributed by atoms with Gasteiger partial charge in [0.15, 0.2) is 4.80 Å². The lowest BCUT2D eigenvalue weighted by atomic mass is 10.2. The van der Waals surface area contributed by atoms with Crippen molar-refractivity contribution >= 4 is 56.6 Å². The lowest BCUT2D eigenvalue weighted by Gasteiger charge is -2.04. The van der Waals surface area contributed by atoms with Crippen LogP contribution in [0.15, 0.2) is 46.8 Å². The summed E-state index contributed by atoms with van der Waals surface area (Å²) in [5.41, 5.74) is 2.46.